The van der Waals surface area contributed by atoms with Gasteiger partial charge in [0.2, 0.25) is 0 Å². The first-order chi connectivity index (χ1) is 19.3. The molecule has 3 aliphatic rings. The van der Waals surface area contributed by atoms with Crippen molar-refractivity contribution >= 4 is 22.3 Å². The first kappa shape index (κ1) is 24.9. The molecule has 4 aromatic rings. The predicted octanol–water partition coefficient (Wildman–Crippen LogP) is 6.54. The van der Waals surface area contributed by atoms with Crippen molar-refractivity contribution in [3.05, 3.63) is 111 Å². The van der Waals surface area contributed by atoms with Crippen LogP contribution in [0, 0.1) is 24.2 Å². The van der Waals surface area contributed by atoms with Crippen molar-refractivity contribution in [2.75, 3.05) is 0 Å². The summed E-state index contributed by atoms with van der Waals surface area (Å²) in [4.78, 5) is 14.2. The minimum atomic E-state index is -0.914. The molecule has 0 amide bonds. The molecule has 0 N–H and O–H groups in total. The number of aryl methyl sites for hydroxylation is 2. The number of carbonyl (C=O) groups excluding carboxylic acids is 1. The van der Waals surface area contributed by atoms with Gasteiger partial charge in [-0.05, 0) is 99.8 Å². The number of ketones is 1. The van der Waals surface area contributed by atoms with Crippen LogP contribution < -0.4 is 9.84 Å². The third-order valence-electron chi connectivity index (χ3n) is 9.72. The highest BCUT2D eigenvalue weighted by atomic mass is 16.5. The van der Waals surface area contributed by atoms with Gasteiger partial charge in [-0.3, -0.25) is 4.79 Å². The number of allylic oxidation sites excluding steroid dienone is 2. The number of hydrogen-bond acceptors (Lipinski definition) is 5. The van der Waals surface area contributed by atoms with Gasteiger partial charge in [0, 0.05) is 6.42 Å². The molecule has 0 aliphatic heterocycles. The molecule has 0 spiro atoms. The average molecular weight is 531 g/mol. The van der Waals surface area contributed by atoms with Gasteiger partial charge in [-0.1, -0.05) is 73.9 Å². The number of fused-ring (bicyclic) bond motifs is 5. The number of carbonyl (C=O) groups is 1. The van der Waals surface area contributed by atoms with E-state index >= 15 is 0 Å². The molecule has 0 radical (unpaired) electrons. The van der Waals surface area contributed by atoms with Gasteiger partial charge in [0.15, 0.2) is 11.5 Å². The van der Waals surface area contributed by atoms with E-state index in [0.29, 0.717) is 23.3 Å². The summed E-state index contributed by atoms with van der Waals surface area (Å²) in [5.74, 6) is 0.717. The van der Waals surface area contributed by atoms with Crippen LogP contribution >= 0.6 is 0 Å². The highest BCUT2D eigenvalue weighted by Gasteiger charge is 2.55. The zero-order valence-corrected chi connectivity index (χ0v) is 23.2. The van der Waals surface area contributed by atoms with Gasteiger partial charge in [-0.25, -0.2) is 0 Å². The van der Waals surface area contributed by atoms with E-state index in [2.05, 4.69) is 42.9 Å². The first-order valence-corrected chi connectivity index (χ1v) is 14.2. The molecule has 3 unspecified atom stereocenters. The van der Waals surface area contributed by atoms with E-state index in [1.165, 1.54) is 10.9 Å². The van der Waals surface area contributed by atoms with E-state index in [-0.39, 0.29) is 35.9 Å². The summed E-state index contributed by atoms with van der Waals surface area (Å²) in [6.07, 6.45) is 3.05. The summed E-state index contributed by atoms with van der Waals surface area (Å²) in [6, 6.07) is 18.5. The smallest absolute Gasteiger partial charge is 0.265 e. The van der Waals surface area contributed by atoms with Gasteiger partial charge in [-0.15, -0.1) is 0 Å². The molecule has 3 aliphatic carbocycles. The lowest BCUT2D eigenvalue weighted by atomic mass is 9.52. The molecular weight excluding hydrogens is 498 g/mol. The Bertz CT molecular complexity index is 1740. The molecule has 7 rings (SSSR count). The summed E-state index contributed by atoms with van der Waals surface area (Å²) < 4.78 is 11.7. The maximum absolute atomic E-state index is 14.2. The van der Waals surface area contributed by atoms with Gasteiger partial charge >= 0.3 is 0 Å². The monoisotopic (exact) mass is 530 g/mol. The first-order valence-electron chi connectivity index (χ1n) is 14.2. The molecule has 0 bridgehead atoms. The van der Waals surface area contributed by atoms with Crippen LogP contribution in [0.15, 0.2) is 76.8 Å². The second-order valence-electron chi connectivity index (χ2n) is 11.8. The van der Waals surface area contributed by atoms with E-state index in [4.69, 9.17) is 9.26 Å². The maximum atomic E-state index is 14.2. The summed E-state index contributed by atoms with van der Waals surface area (Å²) in [6.45, 7) is 10.9. The Hall–Kier alpha value is -4.12. The Morgan fingerprint density at radius 3 is 2.67 bits per heavy atom. The van der Waals surface area contributed by atoms with Crippen LogP contribution in [0.4, 0.5) is 0 Å². The summed E-state index contributed by atoms with van der Waals surface area (Å²) in [7, 11) is 0. The lowest BCUT2D eigenvalue weighted by Gasteiger charge is -2.51. The lowest BCUT2D eigenvalue weighted by molar-refractivity contribution is -0.246. The normalized spacial score (nSPS) is 23.5. The van der Waals surface area contributed by atoms with Crippen LogP contribution in [0.25, 0.3) is 16.5 Å². The molecule has 1 heterocycles. The van der Waals surface area contributed by atoms with E-state index in [1.807, 2.05) is 44.2 Å². The molecule has 3 aromatic carbocycles. The molecule has 202 valence electrons. The molecule has 0 saturated heterocycles. The Morgan fingerprint density at radius 1 is 1.10 bits per heavy atom. The van der Waals surface area contributed by atoms with Crippen LogP contribution in [0.3, 0.4) is 0 Å². The zero-order chi connectivity index (χ0) is 27.8. The quantitative estimate of drug-likeness (QED) is 0.299. The molecule has 5 nitrogen and oxygen atoms in total. The van der Waals surface area contributed by atoms with Crippen molar-refractivity contribution in [2.24, 2.45) is 17.3 Å². The molecule has 1 aromatic heterocycles. The fourth-order valence-corrected chi connectivity index (χ4v) is 7.37. The van der Waals surface area contributed by atoms with Gasteiger partial charge in [0.25, 0.3) is 5.88 Å². The van der Waals surface area contributed by atoms with Gasteiger partial charge in [0.1, 0.15) is 12.2 Å². The van der Waals surface area contributed by atoms with Crippen LogP contribution in [-0.2, 0) is 25.9 Å². The number of hydrogen-bond donors (Lipinski definition) is 0. The third-order valence-corrected chi connectivity index (χ3v) is 9.72. The Balaban J connectivity index is 1.28. The molecule has 5 heteroatoms. The van der Waals surface area contributed by atoms with E-state index < -0.39 is 5.41 Å². The Morgan fingerprint density at radius 2 is 1.90 bits per heavy atom. The van der Waals surface area contributed by atoms with Crippen molar-refractivity contribution in [1.29, 1.82) is 0 Å². The molecular formula is C35H32NO4-. The fraction of sp³-hybridized carbons (Fsp3) is 0.314. The molecule has 1 fully saturated rings. The van der Waals surface area contributed by atoms with Crippen molar-refractivity contribution in [3.8, 4) is 5.88 Å². The second kappa shape index (κ2) is 8.95. The topological polar surface area (TPSA) is 75.4 Å². The van der Waals surface area contributed by atoms with Crippen molar-refractivity contribution in [1.82, 2.24) is 5.16 Å². The number of Topliss-reactive ketones (excluding diaryl/α,β-unsaturated/α-hetero) is 1. The van der Waals surface area contributed by atoms with E-state index in [1.54, 1.807) is 0 Å². The molecule has 40 heavy (non-hydrogen) atoms. The number of nitrogens with zero attached hydrogens (tertiary/aromatic N) is 1. The van der Waals surface area contributed by atoms with Crippen LogP contribution in [0.1, 0.15) is 64.2 Å². The zero-order valence-electron chi connectivity index (χ0n) is 23.2. The highest BCUT2D eigenvalue weighted by Crippen LogP contribution is 2.58. The minimum Gasteiger partial charge on any atom is -0.872 e. The van der Waals surface area contributed by atoms with Crippen molar-refractivity contribution in [3.63, 3.8) is 0 Å². The van der Waals surface area contributed by atoms with Gasteiger partial charge in [-0.2, -0.15) is 0 Å². The van der Waals surface area contributed by atoms with Gasteiger partial charge < -0.3 is 14.4 Å². The van der Waals surface area contributed by atoms with Crippen molar-refractivity contribution < 1.29 is 19.2 Å². The summed E-state index contributed by atoms with van der Waals surface area (Å²) >= 11 is 0. The van der Waals surface area contributed by atoms with Crippen molar-refractivity contribution in [2.45, 2.75) is 53.1 Å². The Kier molecular flexibility index (Phi) is 5.57. The van der Waals surface area contributed by atoms with E-state index in [9.17, 15) is 9.90 Å². The largest absolute Gasteiger partial charge is 0.872 e. The SMILES string of the molecule is C=C1C2=C([O-])c3c(cc4cc(CC)ccc4c3C)CC2CC2Cc3onc(OCc4ccccc4)c3C(=O)C12C. The number of rotatable bonds is 4. The fourth-order valence-electron chi connectivity index (χ4n) is 7.37. The molecule has 3 atom stereocenters. The molecule has 1 saturated carbocycles. The van der Waals surface area contributed by atoms with Crippen LogP contribution in [-0.4, -0.2) is 10.9 Å². The Labute approximate surface area is 234 Å². The maximum Gasteiger partial charge on any atom is 0.265 e. The predicted molar refractivity (Wildman–Crippen MR) is 153 cm³/mol. The van der Waals surface area contributed by atoms with E-state index in [0.717, 1.165) is 52.5 Å². The highest BCUT2D eigenvalue weighted by molar-refractivity contribution is 6.07. The van der Waals surface area contributed by atoms with Gasteiger partial charge in [0.05, 0.1) is 5.41 Å². The number of aromatic nitrogens is 1. The third kappa shape index (κ3) is 3.46. The second-order valence-corrected chi connectivity index (χ2v) is 11.8. The van der Waals surface area contributed by atoms with Crippen LogP contribution in [0.2, 0.25) is 0 Å². The average Bonchev–Trinajstić information content (AvgIpc) is 3.36. The summed E-state index contributed by atoms with van der Waals surface area (Å²) in [5.41, 5.74) is 6.02. The number of ether oxygens (including phenoxy) is 1. The number of benzene rings is 3. The standard InChI is InChI=1S/C35H33NO4/c1-5-21-11-12-27-19(2)29-24(14-23(27)13-21)15-25-16-26-17-28-31(33(38)35(26,4)20(3)30(25)32(29)37)34(36-40-28)39-18-22-9-7-6-8-10-22/h6-14,25-26,37H,3,5,15-18H2,1-2,4H3/p-1. The minimum absolute atomic E-state index is 0.0220. The summed E-state index contributed by atoms with van der Waals surface area (Å²) in [5, 5.41) is 20.7. The lowest BCUT2D eigenvalue weighted by Crippen LogP contribution is -2.48. The van der Waals surface area contributed by atoms with Crippen LogP contribution in [0.5, 0.6) is 5.88 Å².